The molecule has 0 aromatic heterocycles. The van der Waals surface area contributed by atoms with E-state index in [2.05, 4.69) is 57.2 Å². The first kappa shape index (κ1) is 56.6. The first-order chi connectivity index (χ1) is 29.5. The molecule has 0 amide bonds. The topological polar surface area (TPSA) is 78.9 Å². The Kier molecular flexibility index (Phi) is 45.5. The summed E-state index contributed by atoms with van der Waals surface area (Å²) in [6, 6.07) is 0. The van der Waals surface area contributed by atoms with Crippen LogP contribution >= 0.6 is 0 Å². The van der Waals surface area contributed by atoms with Crippen molar-refractivity contribution in [2.45, 2.75) is 226 Å². The van der Waals surface area contributed by atoms with E-state index < -0.39 is 6.10 Å². The van der Waals surface area contributed by atoms with Crippen molar-refractivity contribution < 1.29 is 28.6 Å². The lowest BCUT2D eigenvalue weighted by Crippen LogP contribution is -2.30. The zero-order valence-corrected chi connectivity index (χ0v) is 38.9. The Hall–Kier alpha value is -3.41. The number of carbonyl (C=O) groups is 3. The van der Waals surface area contributed by atoms with E-state index in [-0.39, 0.29) is 37.5 Å². The molecule has 0 spiro atoms. The summed E-state index contributed by atoms with van der Waals surface area (Å²) in [5, 5.41) is 0. The summed E-state index contributed by atoms with van der Waals surface area (Å²) in [6.45, 7) is 6.39. The fraction of sp³-hybridized carbons (Fsp3) is 0.685. The normalized spacial score (nSPS) is 12.8. The van der Waals surface area contributed by atoms with Crippen molar-refractivity contribution in [2.75, 3.05) is 13.2 Å². The van der Waals surface area contributed by atoms with Gasteiger partial charge in [0.05, 0.1) is 0 Å². The molecule has 342 valence electrons. The highest BCUT2D eigenvalue weighted by Crippen LogP contribution is 2.13. The fourth-order valence-corrected chi connectivity index (χ4v) is 6.50. The van der Waals surface area contributed by atoms with Crippen LogP contribution in [0.2, 0.25) is 0 Å². The van der Waals surface area contributed by atoms with Crippen molar-refractivity contribution in [3.8, 4) is 0 Å². The van der Waals surface area contributed by atoms with E-state index in [1.54, 1.807) is 0 Å². The molecule has 0 saturated heterocycles. The number of allylic oxidation sites excluding steroid dienone is 14. The van der Waals surface area contributed by atoms with Gasteiger partial charge < -0.3 is 14.2 Å². The van der Waals surface area contributed by atoms with Gasteiger partial charge in [0.1, 0.15) is 13.2 Å². The summed E-state index contributed by atoms with van der Waals surface area (Å²) < 4.78 is 16.7. The molecule has 0 fully saturated rings. The number of esters is 3. The van der Waals surface area contributed by atoms with E-state index in [1.165, 1.54) is 89.9 Å². The summed E-state index contributed by atoms with van der Waals surface area (Å²) in [6.07, 6.45) is 61.3. The van der Waals surface area contributed by atoms with Crippen LogP contribution < -0.4 is 0 Å². The van der Waals surface area contributed by atoms with Crippen molar-refractivity contribution in [1.29, 1.82) is 0 Å². The van der Waals surface area contributed by atoms with Gasteiger partial charge in [0.15, 0.2) is 6.10 Å². The number of unbranched alkanes of at least 4 members (excludes halogenated alkanes) is 22. The molecule has 0 aliphatic rings. The van der Waals surface area contributed by atoms with Crippen LogP contribution in [0.5, 0.6) is 0 Å². The third kappa shape index (κ3) is 45.7. The predicted octanol–water partition coefficient (Wildman–Crippen LogP) is 16.0. The SMILES string of the molecule is CC\C=C/C=C\C=C/C=C\C=C/CCCCCC(=O)OC(COC(=O)CCCCCCC/C=C\CCCC)COC(=O)CCCCCCC/C=C\CCCCCCCCC. The average molecular weight is 835 g/mol. The lowest BCUT2D eigenvalue weighted by molar-refractivity contribution is -0.167. The quantitative estimate of drug-likeness (QED) is 0.0200. The molecule has 6 nitrogen and oxygen atoms in total. The molecular weight excluding hydrogens is 745 g/mol. The fourth-order valence-electron chi connectivity index (χ4n) is 6.50. The first-order valence-electron chi connectivity index (χ1n) is 24.7. The Labute approximate surface area is 369 Å². The van der Waals surface area contributed by atoms with Crippen LogP contribution in [-0.4, -0.2) is 37.2 Å². The van der Waals surface area contributed by atoms with Crippen LogP contribution in [0, 0.1) is 0 Å². The summed E-state index contributed by atoms with van der Waals surface area (Å²) in [7, 11) is 0. The van der Waals surface area contributed by atoms with E-state index >= 15 is 0 Å². The average Bonchev–Trinajstić information content (AvgIpc) is 3.24. The number of hydrogen-bond acceptors (Lipinski definition) is 6. The second-order valence-electron chi connectivity index (χ2n) is 16.1. The summed E-state index contributed by atoms with van der Waals surface area (Å²) >= 11 is 0. The van der Waals surface area contributed by atoms with Gasteiger partial charge in [-0.1, -0.05) is 202 Å². The van der Waals surface area contributed by atoms with Gasteiger partial charge in [-0.05, 0) is 83.5 Å². The first-order valence-corrected chi connectivity index (χ1v) is 24.7. The van der Waals surface area contributed by atoms with Gasteiger partial charge in [-0.25, -0.2) is 0 Å². The van der Waals surface area contributed by atoms with Gasteiger partial charge in [-0.3, -0.25) is 14.4 Å². The van der Waals surface area contributed by atoms with Crippen LogP contribution in [0.4, 0.5) is 0 Å². The smallest absolute Gasteiger partial charge is 0.306 e. The van der Waals surface area contributed by atoms with Crippen molar-refractivity contribution >= 4 is 17.9 Å². The van der Waals surface area contributed by atoms with Crippen molar-refractivity contribution in [3.63, 3.8) is 0 Å². The highest BCUT2D eigenvalue weighted by atomic mass is 16.6. The predicted molar refractivity (Wildman–Crippen MR) is 256 cm³/mol. The van der Waals surface area contributed by atoms with Gasteiger partial charge in [-0.2, -0.15) is 0 Å². The van der Waals surface area contributed by atoms with Crippen LogP contribution in [0.25, 0.3) is 0 Å². The van der Waals surface area contributed by atoms with Gasteiger partial charge in [0, 0.05) is 19.3 Å². The van der Waals surface area contributed by atoms with Gasteiger partial charge in [0.25, 0.3) is 0 Å². The van der Waals surface area contributed by atoms with E-state index in [0.29, 0.717) is 19.3 Å². The molecule has 1 unspecified atom stereocenters. The van der Waals surface area contributed by atoms with E-state index in [4.69, 9.17) is 14.2 Å². The molecule has 0 heterocycles. The molecule has 0 bridgehead atoms. The van der Waals surface area contributed by atoms with Crippen LogP contribution in [0.1, 0.15) is 220 Å². The molecule has 1 atom stereocenters. The zero-order valence-electron chi connectivity index (χ0n) is 38.9. The number of hydrogen-bond donors (Lipinski definition) is 0. The Balaban J connectivity index is 4.48. The summed E-state index contributed by atoms with van der Waals surface area (Å²) in [5.41, 5.74) is 0. The second-order valence-corrected chi connectivity index (χ2v) is 16.1. The molecule has 0 N–H and O–H groups in total. The van der Waals surface area contributed by atoms with Gasteiger partial charge in [-0.15, -0.1) is 0 Å². The van der Waals surface area contributed by atoms with Crippen molar-refractivity contribution in [2.24, 2.45) is 0 Å². The van der Waals surface area contributed by atoms with Gasteiger partial charge >= 0.3 is 17.9 Å². The minimum absolute atomic E-state index is 0.102. The second kappa shape index (κ2) is 48.3. The highest BCUT2D eigenvalue weighted by Gasteiger charge is 2.19. The molecule has 0 rings (SSSR count). The standard InChI is InChI=1S/C54H90O6/c1-4-7-10-13-16-19-22-24-26-28-29-32-35-38-41-44-47-53(56)59-50-51(49-58-52(55)46-43-40-37-34-31-21-18-15-12-9-6-3)60-54(57)48-45-42-39-36-33-30-27-25-23-20-17-14-11-8-5-2/h8,11,14-15,17-18,20,23,25-28,30,33,51H,4-7,9-10,12-13,16,19,21-22,24,29,31-32,34-50H2,1-3H3/b11-8-,17-14-,18-15-,23-20-,27-25-,28-26-,33-30-. The monoisotopic (exact) mass is 835 g/mol. The lowest BCUT2D eigenvalue weighted by atomic mass is 10.1. The Bertz CT molecular complexity index is 1190. The molecule has 60 heavy (non-hydrogen) atoms. The highest BCUT2D eigenvalue weighted by molar-refractivity contribution is 5.71. The zero-order chi connectivity index (χ0) is 43.7. The molecule has 0 saturated carbocycles. The largest absolute Gasteiger partial charge is 0.462 e. The van der Waals surface area contributed by atoms with E-state index in [0.717, 1.165) is 83.5 Å². The molecule has 6 heteroatoms. The maximum atomic E-state index is 12.7. The van der Waals surface area contributed by atoms with Gasteiger partial charge in [0.2, 0.25) is 0 Å². The Morgan fingerprint density at radius 3 is 1.13 bits per heavy atom. The van der Waals surface area contributed by atoms with Crippen molar-refractivity contribution in [3.05, 3.63) is 85.1 Å². The molecular formula is C54H90O6. The summed E-state index contributed by atoms with van der Waals surface area (Å²) in [5.74, 6) is -0.965. The van der Waals surface area contributed by atoms with E-state index in [9.17, 15) is 14.4 Å². The Morgan fingerprint density at radius 2 is 0.683 bits per heavy atom. The molecule has 0 aliphatic carbocycles. The maximum absolute atomic E-state index is 12.7. The molecule has 0 radical (unpaired) electrons. The maximum Gasteiger partial charge on any atom is 0.306 e. The molecule has 0 aromatic rings. The lowest BCUT2D eigenvalue weighted by Gasteiger charge is -2.18. The minimum Gasteiger partial charge on any atom is -0.462 e. The summed E-state index contributed by atoms with van der Waals surface area (Å²) in [4.78, 5) is 37.9. The third-order valence-corrected chi connectivity index (χ3v) is 10.2. The van der Waals surface area contributed by atoms with Crippen LogP contribution in [0.15, 0.2) is 85.1 Å². The van der Waals surface area contributed by atoms with Crippen LogP contribution in [-0.2, 0) is 28.6 Å². The van der Waals surface area contributed by atoms with Crippen LogP contribution in [0.3, 0.4) is 0 Å². The third-order valence-electron chi connectivity index (χ3n) is 10.2. The minimum atomic E-state index is -0.804. The molecule has 0 aliphatic heterocycles. The molecule has 0 aromatic carbocycles. The number of ether oxygens (including phenoxy) is 3. The number of rotatable bonds is 43. The number of carbonyl (C=O) groups excluding carboxylic acids is 3. The van der Waals surface area contributed by atoms with E-state index in [1.807, 2.05) is 48.6 Å². The van der Waals surface area contributed by atoms with Crippen molar-refractivity contribution in [1.82, 2.24) is 0 Å². The Morgan fingerprint density at radius 1 is 0.350 bits per heavy atom.